The van der Waals surface area contributed by atoms with Crippen LogP contribution in [-0.2, 0) is 6.54 Å². The van der Waals surface area contributed by atoms with Crippen molar-refractivity contribution in [1.82, 2.24) is 0 Å². The van der Waals surface area contributed by atoms with Gasteiger partial charge in [0.2, 0.25) is 0 Å². The van der Waals surface area contributed by atoms with Gasteiger partial charge in [0.15, 0.2) is 0 Å². The smallest absolute Gasteiger partial charge is 0.339 e. The van der Waals surface area contributed by atoms with E-state index in [1.165, 1.54) is 12.1 Å². The molecule has 0 saturated heterocycles. The zero-order valence-electron chi connectivity index (χ0n) is 12.0. The highest BCUT2D eigenvalue weighted by molar-refractivity contribution is 5.91. The van der Waals surface area contributed by atoms with Crippen molar-refractivity contribution in [2.24, 2.45) is 0 Å². The van der Waals surface area contributed by atoms with Crippen LogP contribution in [0.4, 0.5) is 5.69 Å². The number of benzene rings is 2. The molecular weight excluding hydrogens is 282 g/mol. The lowest BCUT2D eigenvalue weighted by Gasteiger charge is -2.12. The minimum absolute atomic E-state index is 0.125. The van der Waals surface area contributed by atoms with Crippen LogP contribution < -0.4 is 10.1 Å². The summed E-state index contributed by atoms with van der Waals surface area (Å²) in [6.07, 6.45) is 1.67. The van der Waals surface area contributed by atoms with Crippen molar-refractivity contribution in [3.8, 4) is 11.5 Å². The SMILES string of the molecule is C=CCOc1ccccc1CNc1ccc(C(=O)O)c(O)c1. The first kappa shape index (κ1) is 15.4. The predicted molar refractivity (Wildman–Crippen MR) is 84.5 cm³/mol. The molecule has 0 aromatic heterocycles. The highest BCUT2D eigenvalue weighted by Gasteiger charge is 2.10. The molecule has 2 aromatic rings. The third-order valence-corrected chi connectivity index (χ3v) is 3.04. The number of nitrogens with one attached hydrogen (secondary N) is 1. The summed E-state index contributed by atoms with van der Waals surface area (Å²) in [6, 6.07) is 11.9. The molecule has 0 heterocycles. The van der Waals surface area contributed by atoms with Crippen molar-refractivity contribution in [3.63, 3.8) is 0 Å². The summed E-state index contributed by atoms with van der Waals surface area (Å²) in [4.78, 5) is 10.9. The predicted octanol–water partition coefficient (Wildman–Crippen LogP) is 3.27. The molecule has 0 aliphatic rings. The Balaban J connectivity index is 2.08. The first-order valence-electron chi connectivity index (χ1n) is 6.73. The summed E-state index contributed by atoms with van der Waals surface area (Å²) >= 11 is 0. The third-order valence-electron chi connectivity index (χ3n) is 3.04. The van der Waals surface area contributed by atoms with Crippen LogP contribution >= 0.6 is 0 Å². The summed E-state index contributed by atoms with van der Waals surface area (Å²) in [5.74, 6) is -0.679. The number of carboxylic acids is 1. The molecule has 0 saturated carbocycles. The number of para-hydroxylation sites is 1. The first-order chi connectivity index (χ1) is 10.6. The molecule has 0 aliphatic carbocycles. The van der Waals surface area contributed by atoms with E-state index in [4.69, 9.17) is 9.84 Å². The first-order valence-corrected chi connectivity index (χ1v) is 6.73. The van der Waals surface area contributed by atoms with E-state index < -0.39 is 5.97 Å². The molecule has 0 aliphatic heterocycles. The molecule has 0 bridgehead atoms. The van der Waals surface area contributed by atoms with Crippen LogP contribution in [0.3, 0.4) is 0 Å². The molecule has 2 aromatic carbocycles. The monoisotopic (exact) mass is 299 g/mol. The van der Waals surface area contributed by atoms with Gasteiger partial charge in [-0.2, -0.15) is 0 Å². The number of anilines is 1. The second kappa shape index (κ2) is 7.17. The van der Waals surface area contributed by atoms with Gasteiger partial charge in [0.25, 0.3) is 0 Å². The van der Waals surface area contributed by atoms with Crippen LogP contribution in [0.15, 0.2) is 55.1 Å². The Morgan fingerprint density at radius 2 is 2.05 bits per heavy atom. The normalized spacial score (nSPS) is 10.0. The van der Waals surface area contributed by atoms with Gasteiger partial charge in [-0.05, 0) is 18.2 Å². The molecule has 0 radical (unpaired) electrons. The van der Waals surface area contributed by atoms with E-state index >= 15 is 0 Å². The van der Waals surface area contributed by atoms with Crippen molar-refractivity contribution < 1.29 is 19.7 Å². The lowest BCUT2D eigenvalue weighted by atomic mass is 10.1. The summed E-state index contributed by atoms with van der Waals surface area (Å²) in [5, 5.41) is 21.7. The van der Waals surface area contributed by atoms with E-state index in [9.17, 15) is 9.90 Å². The number of carbonyl (C=O) groups is 1. The number of aromatic carboxylic acids is 1. The fourth-order valence-corrected chi connectivity index (χ4v) is 1.96. The quantitative estimate of drug-likeness (QED) is 0.684. The Kier molecular flexibility index (Phi) is 5.03. The molecule has 5 nitrogen and oxygen atoms in total. The minimum atomic E-state index is -1.16. The molecule has 114 valence electrons. The van der Waals surface area contributed by atoms with E-state index in [1.807, 2.05) is 24.3 Å². The van der Waals surface area contributed by atoms with Gasteiger partial charge in [-0.15, -0.1) is 0 Å². The van der Waals surface area contributed by atoms with E-state index in [-0.39, 0.29) is 11.3 Å². The van der Waals surface area contributed by atoms with Crippen molar-refractivity contribution in [3.05, 3.63) is 66.2 Å². The molecule has 2 rings (SSSR count). The largest absolute Gasteiger partial charge is 0.507 e. The Hall–Kier alpha value is -2.95. The molecule has 3 N–H and O–H groups in total. The molecule has 0 unspecified atom stereocenters. The second-order valence-electron chi connectivity index (χ2n) is 4.60. The van der Waals surface area contributed by atoms with Crippen LogP contribution in [0.1, 0.15) is 15.9 Å². The summed E-state index contributed by atoms with van der Waals surface area (Å²) < 4.78 is 5.56. The number of hydrogen-bond acceptors (Lipinski definition) is 4. The highest BCUT2D eigenvalue weighted by Crippen LogP contribution is 2.24. The van der Waals surface area contributed by atoms with Gasteiger partial charge < -0.3 is 20.3 Å². The molecule has 22 heavy (non-hydrogen) atoms. The van der Waals surface area contributed by atoms with Crippen LogP contribution in [0.25, 0.3) is 0 Å². The maximum absolute atomic E-state index is 10.9. The number of rotatable bonds is 7. The average molecular weight is 299 g/mol. The van der Waals surface area contributed by atoms with E-state index in [2.05, 4.69) is 11.9 Å². The Labute approximate surface area is 128 Å². The van der Waals surface area contributed by atoms with Gasteiger partial charge >= 0.3 is 5.97 Å². The lowest BCUT2D eigenvalue weighted by Crippen LogP contribution is -2.04. The Morgan fingerprint density at radius 1 is 1.27 bits per heavy atom. The lowest BCUT2D eigenvalue weighted by molar-refractivity contribution is 0.0694. The number of ether oxygens (including phenoxy) is 1. The zero-order valence-corrected chi connectivity index (χ0v) is 12.0. The standard InChI is InChI=1S/C17H17NO4/c1-2-9-22-16-6-4-3-5-12(16)11-18-13-7-8-14(17(20)21)15(19)10-13/h2-8,10,18-19H,1,9,11H2,(H,20,21). The van der Waals surface area contributed by atoms with Crippen LogP contribution in [-0.4, -0.2) is 22.8 Å². The van der Waals surface area contributed by atoms with E-state index in [0.717, 1.165) is 11.3 Å². The second-order valence-corrected chi connectivity index (χ2v) is 4.60. The zero-order chi connectivity index (χ0) is 15.9. The summed E-state index contributed by atoms with van der Waals surface area (Å²) in [6.45, 7) is 4.52. The van der Waals surface area contributed by atoms with Crippen molar-refractivity contribution in [2.75, 3.05) is 11.9 Å². The summed E-state index contributed by atoms with van der Waals surface area (Å²) in [5.41, 5.74) is 1.45. The van der Waals surface area contributed by atoms with Crippen molar-refractivity contribution in [1.29, 1.82) is 0 Å². The van der Waals surface area contributed by atoms with Gasteiger partial charge in [0, 0.05) is 23.9 Å². The maximum atomic E-state index is 10.9. The van der Waals surface area contributed by atoms with Crippen LogP contribution in [0.5, 0.6) is 11.5 Å². The van der Waals surface area contributed by atoms with Gasteiger partial charge in [0.1, 0.15) is 23.7 Å². The molecule has 0 atom stereocenters. The van der Waals surface area contributed by atoms with Gasteiger partial charge in [0.05, 0.1) is 0 Å². The fourth-order valence-electron chi connectivity index (χ4n) is 1.96. The van der Waals surface area contributed by atoms with Crippen LogP contribution in [0, 0.1) is 0 Å². The average Bonchev–Trinajstić information content (AvgIpc) is 2.51. The van der Waals surface area contributed by atoms with Gasteiger partial charge in [-0.1, -0.05) is 30.9 Å². The topological polar surface area (TPSA) is 78.8 Å². The van der Waals surface area contributed by atoms with E-state index in [0.29, 0.717) is 18.8 Å². The van der Waals surface area contributed by atoms with Crippen LogP contribution in [0.2, 0.25) is 0 Å². The van der Waals surface area contributed by atoms with E-state index in [1.54, 1.807) is 12.1 Å². The molecular formula is C17H17NO4. The van der Waals surface area contributed by atoms with Gasteiger partial charge in [-0.3, -0.25) is 0 Å². The number of hydrogen-bond donors (Lipinski definition) is 3. The molecule has 5 heteroatoms. The van der Waals surface area contributed by atoms with Crippen molar-refractivity contribution in [2.45, 2.75) is 6.54 Å². The summed E-state index contributed by atoms with van der Waals surface area (Å²) in [7, 11) is 0. The highest BCUT2D eigenvalue weighted by atomic mass is 16.5. The molecule has 0 amide bonds. The number of aromatic hydroxyl groups is 1. The maximum Gasteiger partial charge on any atom is 0.339 e. The van der Waals surface area contributed by atoms with Gasteiger partial charge in [-0.25, -0.2) is 4.79 Å². The molecule has 0 fully saturated rings. The van der Waals surface area contributed by atoms with Crippen molar-refractivity contribution >= 4 is 11.7 Å². The third kappa shape index (κ3) is 3.79. The number of phenols is 1. The molecule has 0 spiro atoms. The fraction of sp³-hybridized carbons (Fsp3) is 0.118. The Morgan fingerprint density at radius 3 is 2.73 bits per heavy atom. The number of carboxylic acid groups (broad SMARTS) is 1. The minimum Gasteiger partial charge on any atom is -0.507 e. The Bertz CT molecular complexity index is 682.